The van der Waals surface area contributed by atoms with Crippen molar-refractivity contribution in [3.63, 3.8) is 0 Å². The molecule has 1 N–H and O–H groups in total. The van der Waals surface area contributed by atoms with Gasteiger partial charge in [0.1, 0.15) is 0 Å². The third-order valence-electron chi connectivity index (χ3n) is 6.00. The van der Waals surface area contributed by atoms with Crippen LogP contribution < -0.4 is 5.32 Å². The van der Waals surface area contributed by atoms with E-state index in [1.807, 2.05) is 22.7 Å². The van der Waals surface area contributed by atoms with Gasteiger partial charge in [0.2, 0.25) is 0 Å². The van der Waals surface area contributed by atoms with E-state index < -0.39 is 0 Å². The van der Waals surface area contributed by atoms with Crippen LogP contribution in [0.4, 0.5) is 0 Å². The lowest BCUT2D eigenvalue weighted by Crippen LogP contribution is -2.28. The van der Waals surface area contributed by atoms with Gasteiger partial charge in [-0.25, -0.2) is 0 Å². The number of fused-ring (bicyclic) bond motifs is 5. The molecule has 3 aliphatic carbocycles. The topological polar surface area (TPSA) is 12.0 Å². The van der Waals surface area contributed by atoms with Crippen molar-refractivity contribution in [1.82, 2.24) is 5.32 Å². The van der Waals surface area contributed by atoms with Gasteiger partial charge in [-0.05, 0) is 65.8 Å². The first-order valence-corrected chi connectivity index (χ1v) is 9.98. The van der Waals surface area contributed by atoms with Crippen LogP contribution in [0.25, 0.3) is 0 Å². The summed E-state index contributed by atoms with van der Waals surface area (Å²) in [7, 11) is 0. The maximum absolute atomic E-state index is 4.05. The second-order valence-corrected chi connectivity index (χ2v) is 9.04. The zero-order valence-electron chi connectivity index (χ0n) is 12.1. The Bertz CT molecular complexity index is 587. The molecule has 2 heterocycles. The fourth-order valence-electron chi connectivity index (χ4n) is 5.14. The lowest BCUT2D eigenvalue weighted by molar-refractivity contribution is 0.423. The minimum absolute atomic E-state index is 0.527. The highest BCUT2D eigenvalue weighted by Crippen LogP contribution is 2.66. The number of hydrogen-bond donors (Lipinski definition) is 1. The van der Waals surface area contributed by atoms with Gasteiger partial charge in [-0.1, -0.05) is 12.1 Å². The molecule has 5 atom stereocenters. The Morgan fingerprint density at radius 1 is 1.05 bits per heavy atom. The highest BCUT2D eigenvalue weighted by molar-refractivity contribution is 7.10. The third kappa shape index (κ3) is 2.13. The Morgan fingerprint density at radius 3 is 2.48 bits per heavy atom. The predicted molar refractivity (Wildman–Crippen MR) is 89.8 cm³/mol. The Hall–Kier alpha value is -0.640. The Labute approximate surface area is 134 Å². The molecule has 2 bridgehead atoms. The molecule has 0 spiro atoms. The quantitative estimate of drug-likeness (QED) is 0.841. The molecule has 21 heavy (non-hydrogen) atoms. The van der Waals surface area contributed by atoms with Crippen molar-refractivity contribution in [3.05, 3.63) is 44.8 Å². The van der Waals surface area contributed by atoms with Gasteiger partial charge in [-0.15, -0.1) is 22.7 Å². The SMILES string of the molecule is c1csc(CC(NC2C3C4CCC(C4)C23)c2cccs2)c1. The molecule has 0 aromatic carbocycles. The fourth-order valence-corrected chi connectivity index (χ4v) is 6.68. The summed E-state index contributed by atoms with van der Waals surface area (Å²) in [4.78, 5) is 3.02. The van der Waals surface area contributed by atoms with Crippen LogP contribution in [0, 0.1) is 23.7 Å². The third-order valence-corrected chi connectivity index (χ3v) is 7.89. The number of rotatable bonds is 5. The molecule has 5 rings (SSSR count). The van der Waals surface area contributed by atoms with Gasteiger partial charge >= 0.3 is 0 Å². The molecule has 2 aromatic rings. The van der Waals surface area contributed by atoms with Crippen LogP contribution in [0.5, 0.6) is 0 Å². The lowest BCUT2D eigenvalue weighted by Gasteiger charge is -2.19. The summed E-state index contributed by atoms with van der Waals surface area (Å²) in [5.41, 5.74) is 0. The summed E-state index contributed by atoms with van der Waals surface area (Å²) in [5, 5.41) is 8.47. The van der Waals surface area contributed by atoms with Crippen molar-refractivity contribution in [2.45, 2.75) is 37.8 Å². The van der Waals surface area contributed by atoms with Crippen LogP contribution in [0.2, 0.25) is 0 Å². The normalized spacial score (nSPS) is 37.6. The molecular formula is C18H21NS2. The van der Waals surface area contributed by atoms with Gasteiger partial charge in [0.05, 0.1) is 0 Å². The van der Waals surface area contributed by atoms with Gasteiger partial charge in [-0.2, -0.15) is 0 Å². The van der Waals surface area contributed by atoms with E-state index in [1.54, 1.807) is 6.42 Å². The lowest BCUT2D eigenvalue weighted by atomic mass is 10.0. The smallest absolute Gasteiger partial charge is 0.0465 e. The summed E-state index contributed by atoms with van der Waals surface area (Å²) in [6.45, 7) is 0. The average Bonchev–Trinajstić information content (AvgIpc) is 3.11. The number of hydrogen-bond acceptors (Lipinski definition) is 3. The van der Waals surface area contributed by atoms with E-state index >= 15 is 0 Å². The van der Waals surface area contributed by atoms with Gasteiger partial charge in [0, 0.05) is 28.3 Å². The van der Waals surface area contributed by atoms with Crippen LogP contribution in [-0.2, 0) is 6.42 Å². The molecule has 3 heteroatoms. The minimum atomic E-state index is 0.527. The second-order valence-electron chi connectivity index (χ2n) is 7.03. The van der Waals surface area contributed by atoms with Crippen LogP contribution in [0.3, 0.4) is 0 Å². The molecule has 0 aliphatic heterocycles. The molecular weight excluding hydrogens is 294 g/mol. The van der Waals surface area contributed by atoms with E-state index in [4.69, 9.17) is 0 Å². The summed E-state index contributed by atoms with van der Waals surface area (Å²) in [5.74, 6) is 4.16. The summed E-state index contributed by atoms with van der Waals surface area (Å²) in [6, 6.07) is 10.3. The first-order valence-electron chi connectivity index (χ1n) is 8.22. The molecule has 110 valence electrons. The highest BCUT2D eigenvalue weighted by Gasteiger charge is 2.65. The molecule has 0 radical (unpaired) electrons. The predicted octanol–water partition coefficient (Wildman–Crippen LogP) is 4.73. The van der Waals surface area contributed by atoms with Gasteiger partial charge in [0.15, 0.2) is 0 Å². The van der Waals surface area contributed by atoms with Crippen molar-refractivity contribution in [2.75, 3.05) is 0 Å². The molecule has 1 nitrogen and oxygen atoms in total. The van der Waals surface area contributed by atoms with Crippen molar-refractivity contribution >= 4 is 22.7 Å². The first-order chi connectivity index (χ1) is 10.4. The number of thiophene rings is 2. The molecule has 0 amide bonds. The summed E-state index contributed by atoms with van der Waals surface area (Å²) >= 11 is 3.81. The molecule has 5 unspecified atom stereocenters. The zero-order valence-corrected chi connectivity index (χ0v) is 13.7. The van der Waals surface area contributed by atoms with Crippen molar-refractivity contribution < 1.29 is 0 Å². The average molecular weight is 316 g/mol. The summed E-state index contributed by atoms with van der Waals surface area (Å²) < 4.78 is 0. The second kappa shape index (κ2) is 4.94. The van der Waals surface area contributed by atoms with Gasteiger partial charge in [-0.3, -0.25) is 0 Å². The van der Waals surface area contributed by atoms with Crippen LogP contribution >= 0.6 is 22.7 Å². The van der Waals surface area contributed by atoms with E-state index in [1.165, 1.54) is 22.6 Å². The maximum atomic E-state index is 4.05. The van der Waals surface area contributed by atoms with E-state index in [2.05, 4.69) is 40.3 Å². The van der Waals surface area contributed by atoms with E-state index in [-0.39, 0.29) is 0 Å². The summed E-state index contributed by atoms with van der Waals surface area (Å²) in [6.07, 6.45) is 5.72. The fraction of sp³-hybridized carbons (Fsp3) is 0.556. The Balaban J connectivity index is 1.34. The van der Waals surface area contributed by atoms with E-state index in [0.717, 1.165) is 36.1 Å². The maximum Gasteiger partial charge on any atom is 0.0465 e. The number of nitrogens with one attached hydrogen (secondary N) is 1. The van der Waals surface area contributed by atoms with Gasteiger partial charge in [0.25, 0.3) is 0 Å². The Kier molecular flexibility index (Phi) is 3.02. The van der Waals surface area contributed by atoms with E-state index in [9.17, 15) is 0 Å². The molecule has 2 aromatic heterocycles. The van der Waals surface area contributed by atoms with Crippen molar-refractivity contribution in [3.8, 4) is 0 Å². The molecule has 0 saturated heterocycles. The molecule has 3 saturated carbocycles. The standard InChI is InChI=1S/C18H21NS2/c1-3-13(20-7-1)10-14(15-4-2-8-21-15)19-18-16-11-5-6-12(9-11)17(16)18/h1-4,7-8,11-12,14,16-19H,5-6,9-10H2. The zero-order chi connectivity index (χ0) is 13.8. The highest BCUT2D eigenvalue weighted by atomic mass is 32.1. The first kappa shape index (κ1) is 12.9. The Morgan fingerprint density at radius 2 is 1.81 bits per heavy atom. The minimum Gasteiger partial charge on any atom is -0.306 e. The van der Waals surface area contributed by atoms with Crippen LogP contribution in [-0.4, -0.2) is 6.04 Å². The van der Waals surface area contributed by atoms with Crippen LogP contribution in [0.15, 0.2) is 35.0 Å². The molecule has 3 aliphatic rings. The van der Waals surface area contributed by atoms with Crippen LogP contribution in [0.1, 0.15) is 35.1 Å². The monoisotopic (exact) mass is 315 g/mol. The molecule has 3 fully saturated rings. The van der Waals surface area contributed by atoms with E-state index in [0.29, 0.717) is 6.04 Å². The van der Waals surface area contributed by atoms with Crippen molar-refractivity contribution in [2.24, 2.45) is 23.7 Å². The van der Waals surface area contributed by atoms with Crippen molar-refractivity contribution in [1.29, 1.82) is 0 Å². The largest absolute Gasteiger partial charge is 0.306 e. The van der Waals surface area contributed by atoms with Gasteiger partial charge < -0.3 is 5.32 Å².